The summed E-state index contributed by atoms with van der Waals surface area (Å²) in [4.78, 5) is 12.0. The summed E-state index contributed by atoms with van der Waals surface area (Å²) in [6.07, 6.45) is 0. The van der Waals surface area contributed by atoms with Crippen molar-refractivity contribution in [2.75, 3.05) is 25.6 Å². The van der Waals surface area contributed by atoms with Gasteiger partial charge in [-0.1, -0.05) is 0 Å². The van der Waals surface area contributed by atoms with Crippen molar-refractivity contribution in [3.63, 3.8) is 0 Å². The van der Waals surface area contributed by atoms with Crippen LogP contribution in [-0.2, 0) is 9.53 Å². The highest BCUT2D eigenvalue weighted by molar-refractivity contribution is 5.75. The van der Waals surface area contributed by atoms with Gasteiger partial charge in [0.15, 0.2) is 17.5 Å². The molecule has 0 N–H and O–H groups in total. The number of anilines is 1. The minimum Gasteiger partial charge on any atom is -0.468 e. The quantitative estimate of drug-likeness (QED) is 0.588. The number of likely N-dealkylation sites (N-methyl/N-ethyl adjacent to an activating group) is 1. The van der Waals surface area contributed by atoms with Gasteiger partial charge in [0.2, 0.25) is 0 Å². The number of carbonyl (C=O) groups is 1. The first kappa shape index (κ1) is 12.4. The summed E-state index contributed by atoms with van der Waals surface area (Å²) in [5.41, 5.74) is -0.204. The van der Waals surface area contributed by atoms with Crippen LogP contribution in [0.15, 0.2) is 12.1 Å². The zero-order valence-corrected chi connectivity index (χ0v) is 8.76. The van der Waals surface area contributed by atoms with Crippen LogP contribution >= 0.6 is 0 Å². The number of ether oxygens (including phenoxy) is 1. The van der Waals surface area contributed by atoms with E-state index in [0.29, 0.717) is 0 Å². The number of rotatable bonds is 3. The van der Waals surface area contributed by atoms with Crippen LogP contribution in [0, 0.1) is 17.5 Å². The third-order valence-electron chi connectivity index (χ3n) is 2.02. The van der Waals surface area contributed by atoms with Crippen molar-refractivity contribution in [3.05, 3.63) is 29.6 Å². The molecule has 1 rings (SSSR count). The number of methoxy groups -OCH3 is 1. The fraction of sp³-hybridized carbons (Fsp3) is 0.300. The monoisotopic (exact) mass is 233 g/mol. The predicted molar refractivity (Wildman–Crippen MR) is 51.6 cm³/mol. The van der Waals surface area contributed by atoms with Gasteiger partial charge in [-0.15, -0.1) is 0 Å². The number of hydrogen-bond acceptors (Lipinski definition) is 3. The first-order valence-electron chi connectivity index (χ1n) is 4.38. The Morgan fingerprint density at radius 3 is 2.50 bits per heavy atom. The highest BCUT2D eigenvalue weighted by Gasteiger charge is 2.17. The van der Waals surface area contributed by atoms with Gasteiger partial charge in [-0.05, 0) is 12.1 Å². The number of carbonyl (C=O) groups excluding carboxylic acids is 1. The zero-order chi connectivity index (χ0) is 12.3. The van der Waals surface area contributed by atoms with E-state index >= 15 is 0 Å². The van der Waals surface area contributed by atoms with E-state index in [9.17, 15) is 18.0 Å². The van der Waals surface area contributed by atoms with E-state index in [0.717, 1.165) is 17.0 Å². The third kappa shape index (κ3) is 2.44. The van der Waals surface area contributed by atoms with Gasteiger partial charge in [-0.25, -0.2) is 13.2 Å². The Morgan fingerprint density at radius 2 is 1.94 bits per heavy atom. The van der Waals surface area contributed by atoms with Crippen molar-refractivity contribution >= 4 is 11.7 Å². The van der Waals surface area contributed by atoms with Gasteiger partial charge >= 0.3 is 5.97 Å². The van der Waals surface area contributed by atoms with Gasteiger partial charge in [0, 0.05) is 7.05 Å². The van der Waals surface area contributed by atoms with Gasteiger partial charge in [-0.2, -0.15) is 0 Å². The lowest BCUT2D eigenvalue weighted by Gasteiger charge is -2.18. The summed E-state index contributed by atoms with van der Waals surface area (Å²) in [7, 11) is 2.55. The average Bonchev–Trinajstić information content (AvgIpc) is 2.25. The molecule has 1 aromatic carbocycles. The fourth-order valence-corrected chi connectivity index (χ4v) is 1.15. The van der Waals surface area contributed by atoms with E-state index in [1.807, 2.05) is 0 Å². The second-order valence-electron chi connectivity index (χ2n) is 3.13. The molecule has 0 bridgehead atoms. The summed E-state index contributed by atoms with van der Waals surface area (Å²) in [5, 5.41) is 0. The summed E-state index contributed by atoms with van der Waals surface area (Å²) >= 11 is 0. The van der Waals surface area contributed by atoms with Crippen molar-refractivity contribution in [1.82, 2.24) is 0 Å². The molecule has 1 aromatic rings. The lowest BCUT2D eigenvalue weighted by molar-refractivity contribution is -0.138. The van der Waals surface area contributed by atoms with Crippen molar-refractivity contribution in [1.29, 1.82) is 0 Å². The molecule has 0 amide bonds. The first-order valence-corrected chi connectivity index (χ1v) is 4.38. The van der Waals surface area contributed by atoms with Crippen LogP contribution in [0.2, 0.25) is 0 Å². The van der Waals surface area contributed by atoms with Crippen molar-refractivity contribution in [2.45, 2.75) is 0 Å². The number of benzene rings is 1. The molecular formula is C10H10F3NO2. The van der Waals surface area contributed by atoms with E-state index in [1.54, 1.807) is 0 Å². The topological polar surface area (TPSA) is 29.5 Å². The largest absolute Gasteiger partial charge is 0.468 e. The fourth-order valence-electron chi connectivity index (χ4n) is 1.15. The Morgan fingerprint density at radius 1 is 1.31 bits per heavy atom. The highest BCUT2D eigenvalue weighted by Crippen LogP contribution is 2.22. The third-order valence-corrected chi connectivity index (χ3v) is 2.02. The first-order chi connectivity index (χ1) is 7.47. The number of nitrogens with zero attached hydrogens (tertiary/aromatic N) is 1. The lowest BCUT2D eigenvalue weighted by Crippen LogP contribution is -2.27. The Hall–Kier alpha value is -1.72. The van der Waals surface area contributed by atoms with E-state index in [1.165, 1.54) is 14.2 Å². The molecule has 0 saturated carbocycles. The molecule has 0 saturated heterocycles. The molecule has 0 aromatic heterocycles. The molecule has 0 aliphatic carbocycles. The van der Waals surface area contributed by atoms with Gasteiger partial charge in [-0.3, -0.25) is 4.79 Å². The lowest BCUT2D eigenvalue weighted by atomic mass is 10.2. The van der Waals surface area contributed by atoms with Gasteiger partial charge in [0.25, 0.3) is 0 Å². The molecule has 0 heterocycles. The summed E-state index contributed by atoms with van der Waals surface area (Å²) in [6.45, 7) is -0.251. The predicted octanol–water partition coefficient (Wildman–Crippen LogP) is 1.71. The van der Waals surface area contributed by atoms with Crippen LogP contribution < -0.4 is 4.90 Å². The van der Waals surface area contributed by atoms with Crippen molar-refractivity contribution in [3.8, 4) is 0 Å². The maximum absolute atomic E-state index is 13.3. The zero-order valence-electron chi connectivity index (χ0n) is 8.76. The Bertz CT molecular complexity index is 409. The molecule has 16 heavy (non-hydrogen) atoms. The van der Waals surface area contributed by atoms with E-state index in [-0.39, 0.29) is 12.2 Å². The van der Waals surface area contributed by atoms with E-state index < -0.39 is 23.4 Å². The minimum absolute atomic E-state index is 0.204. The summed E-state index contributed by atoms with van der Waals surface area (Å²) < 4.78 is 43.1. The van der Waals surface area contributed by atoms with Crippen LogP contribution in [0.1, 0.15) is 0 Å². The Kier molecular flexibility index (Phi) is 3.76. The average molecular weight is 233 g/mol. The molecule has 0 atom stereocenters. The van der Waals surface area contributed by atoms with E-state index in [4.69, 9.17) is 0 Å². The molecule has 0 unspecified atom stereocenters. The molecule has 0 radical (unpaired) electrons. The van der Waals surface area contributed by atoms with Crippen LogP contribution in [-0.4, -0.2) is 26.7 Å². The normalized spacial score (nSPS) is 10.1. The van der Waals surface area contributed by atoms with Gasteiger partial charge in [0.05, 0.1) is 12.8 Å². The molecule has 0 fully saturated rings. The second kappa shape index (κ2) is 4.87. The van der Waals surface area contributed by atoms with Crippen LogP contribution in [0.5, 0.6) is 0 Å². The molecule has 3 nitrogen and oxygen atoms in total. The summed E-state index contributed by atoms with van der Waals surface area (Å²) in [6, 6.07) is 1.85. The standard InChI is InChI=1S/C10H10F3NO2/c1-14(5-8(15)16-2)7-4-3-6(11)9(12)10(7)13/h3-4H,5H2,1-2H3. The van der Waals surface area contributed by atoms with Crippen molar-refractivity contribution in [2.24, 2.45) is 0 Å². The summed E-state index contributed by atoms with van der Waals surface area (Å²) in [5.74, 6) is -4.76. The second-order valence-corrected chi connectivity index (χ2v) is 3.13. The van der Waals surface area contributed by atoms with Gasteiger partial charge in [0.1, 0.15) is 6.54 Å². The number of esters is 1. The van der Waals surface area contributed by atoms with E-state index in [2.05, 4.69) is 4.74 Å². The number of hydrogen-bond donors (Lipinski definition) is 0. The van der Waals surface area contributed by atoms with Crippen molar-refractivity contribution < 1.29 is 22.7 Å². The molecule has 6 heteroatoms. The Labute approximate surface area is 90.4 Å². The molecular weight excluding hydrogens is 223 g/mol. The van der Waals surface area contributed by atoms with Gasteiger partial charge < -0.3 is 9.64 Å². The highest BCUT2D eigenvalue weighted by atomic mass is 19.2. The SMILES string of the molecule is COC(=O)CN(C)c1ccc(F)c(F)c1F. The molecule has 0 spiro atoms. The minimum atomic E-state index is -1.56. The smallest absolute Gasteiger partial charge is 0.325 e. The molecule has 0 aliphatic heterocycles. The molecule has 0 aliphatic rings. The number of halogens is 3. The maximum atomic E-state index is 13.3. The Balaban J connectivity index is 2.96. The van der Waals surface area contributed by atoms with Crippen LogP contribution in [0.4, 0.5) is 18.9 Å². The maximum Gasteiger partial charge on any atom is 0.325 e. The van der Waals surface area contributed by atoms with Crippen LogP contribution in [0.3, 0.4) is 0 Å². The van der Waals surface area contributed by atoms with Crippen LogP contribution in [0.25, 0.3) is 0 Å². The molecule has 88 valence electrons.